The van der Waals surface area contributed by atoms with Crippen LogP contribution in [0, 0.1) is 0 Å². The number of nitrogens with zero attached hydrogens (tertiary/aromatic N) is 1. The van der Waals surface area contributed by atoms with Crippen LogP contribution in [-0.4, -0.2) is 43.0 Å². The van der Waals surface area contributed by atoms with Gasteiger partial charge >= 0.3 is 0 Å². The lowest BCUT2D eigenvalue weighted by Crippen LogP contribution is -2.23. The van der Waals surface area contributed by atoms with Gasteiger partial charge in [-0.3, -0.25) is 14.9 Å². The zero-order valence-electron chi connectivity index (χ0n) is 18.4. The zero-order chi connectivity index (χ0) is 22.7. The minimum absolute atomic E-state index is 0.307. The van der Waals surface area contributed by atoms with E-state index in [0.717, 1.165) is 10.9 Å². The number of rotatable bonds is 9. The van der Waals surface area contributed by atoms with Crippen LogP contribution in [0.15, 0.2) is 54.7 Å². The molecule has 0 bridgehead atoms. The molecule has 0 saturated heterocycles. The van der Waals surface area contributed by atoms with Crippen LogP contribution < -0.4 is 10.1 Å². The van der Waals surface area contributed by atoms with E-state index in [2.05, 4.69) is 5.32 Å². The van der Waals surface area contributed by atoms with Crippen LogP contribution in [0.25, 0.3) is 22.0 Å². The molecule has 0 spiro atoms. The Bertz CT molecular complexity index is 1190. The summed E-state index contributed by atoms with van der Waals surface area (Å²) >= 11 is 0. The molecule has 0 unspecified atom stereocenters. The summed E-state index contributed by atoms with van der Waals surface area (Å²) in [6.45, 7) is 5.34. The van der Waals surface area contributed by atoms with Crippen molar-refractivity contribution in [2.75, 3.05) is 20.3 Å². The summed E-state index contributed by atoms with van der Waals surface area (Å²) in [4.78, 5) is 25.8. The molecule has 0 saturated carbocycles. The Hall–Kier alpha value is -3.42. The standard InChI is InChI=1S/C25H26N2O5/c1-4-31-21(32-5-2)15-27-14-18(16-10-6-8-12-19(16)27)23-22(24(28)26-25(23)29)17-11-7-9-13-20(17)30-3/h6-14,21H,4-5,15H2,1-3H3,(H,26,28,29). The van der Waals surface area contributed by atoms with E-state index in [4.69, 9.17) is 14.2 Å². The molecule has 0 fully saturated rings. The van der Waals surface area contributed by atoms with Gasteiger partial charge in [0.2, 0.25) is 0 Å². The Morgan fingerprint density at radius 2 is 1.50 bits per heavy atom. The van der Waals surface area contributed by atoms with Crippen molar-refractivity contribution in [3.8, 4) is 5.75 Å². The van der Waals surface area contributed by atoms with Crippen LogP contribution >= 0.6 is 0 Å². The van der Waals surface area contributed by atoms with Crippen LogP contribution in [0.1, 0.15) is 25.0 Å². The fourth-order valence-corrected chi connectivity index (χ4v) is 4.10. The molecular weight excluding hydrogens is 408 g/mol. The van der Waals surface area contributed by atoms with Crippen molar-refractivity contribution < 1.29 is 23.8 Å². The topological polar surface area (TPSA) is 78.8 Å². The number of imide groups is 1. The summed E-state index contributed by atoms with van der Waals surface area (Å²) in [5.74, 6) is -0.334. The van der Waals surface area contributed by atoms with Gasteiger partial charge in [-0.05, 0) is 26.0 Å². The Morgan fingerprint density at radius 1 is 0.875 bits per heavy atom. The van der Waals surface area contributed by atoms with Crippen LogP contribution in [0.5, 0.6) is 5.75 Å². The highest BCUT2D eigenvalue weighted by Crippen LogP contribution is 2.38. The van der Waals surface area contributed by atoms with Crippen LogP contribution in [-0.2, 0) is 25.6 Å². The number of nitrogens with one attached hydrogen (secondary N) is 1. The van der Waals surface area contributed by atoms with E-state index in [0.29, 0.717) is 47.8 Å². The Balaban J connectivity index is 1.91. The average molecular weight is 434 g/mol. The second kappa shape index (κ2) is 9.38. The Morgan fingerprint density at radius 3 is 2.19 bits per heavy atom. The molecule has 2 heterocycles. The predicted octanol–water partition coefficient (Wildman–Crippen LogP) is 3.62. The second-order valence-electron chi connectivity index (χ2n) is 7.29. The molecule has 2 amide bonds. The van der Waals surface area contributed by atoms with Crippen molar-refractivity contribution in [2.45, 2.75) is 26.7 Å². The molecule has 32 heavy (non-hydrogen) atoms. The molecule has 0 aliphatic carbocycles. The SMILES string of the molecule is CCOC(Cn1cc(C2=C(c3ccccc3OC)C(=O)NC2=O)c2ccccc21)OCC. The van der Waals surface area contributed by atoms with Crippen molar-refractivity contribution in [3.63, 3.8) is 0 Å². The lowest BCUT2D eigenvalue weighted by Gasteiger charge is -2.18. The molecule has 7 nitrogen and oxygen atoms in total. The van der Waals surface area contributed by atoms with E-state index in [-0.39, 0.29) is 0 Å². The van der Waals surface area contributed by atoms with Gasteiger partial charge in [-0.15, -0.1) is 0 Å². The maximum Gasteiger partial charge on any atom is 0.259 e. The van der Waals surface area contributed by atoms with E-state index in [9.17, 15) is 9.59 Å². The molecule has 0 radical (unpaired) electrons. The summed E-state index contributed by atoms with van der Waals surface area (Å²) < 4.78 is 18.9. The lowest BCUT2D eigenvalue weighted by atomic mass is 9.95. The first-order valence-corrected chi connectivity index (χ1v) is 10.6. The third kappa shape index (κ3) is 3.92. The van der Waals surface area contributed by atoms with Crippen molar-refractivity contribution in [2.24, 2.45) is 0 Å². The first-order chi connectivity index (χ1) is 15.6. The molecule has 0 atom stereocenters. The lowest BCUT2D eigenvalue weighted by molar-refractivity contribution is -0.143. The van der Waals surface area contributed by atoms with E-state index in [1.807, 2.05) is 61.0 Å². The quantitative estimate of drug-likeness (QED) is 0.411. The van der Waals surface area contributed by atoms with Crippen molar-refractivity contribution in [1.82, 2.24) is 9.88 Å². The fraction of sp³-hybridized carbons (Fsp3) is 0.280. The number of fused-ring (bicyclic) bond motifs is 1. The first-order valence-electron chi connectivity index (χ1n) is 10.6. The van der Waals surface area contributed by atoms with Gasteiger partial charge in [0.15, 0.2) is 6.29 Å². The number of aromatic nitrogens is 1. The number of benzene rings is 2. The number of ether oxygens (including phenoxy) is 3. The summed E-state index contributed by atoms with van der Waals surface area (Å²) in [7, 11) is 1.54. The molecular formula is C25H26N2O5. The smallest absolute Gasteiger partial charge is 0.259 e. The Kier molecular flexibility index (Phi) is 6.39. The number of hydrogen-bond donors (Lipinski definition) is 1. The highest BCUT2D eigenvalue weighted by atomic mass is 16.7. The number of amides is 2. The summed E-state index contributed by atoms with van der Waals surface area (Å²) in [6.07, 6.45) is 1.47. The monoisotopic (exact) mass is 434 g/mol. The second-order valence-corrected chi connectivity index (χ2v) is 7.29. The highest BCUT2D eigenvalue weighted by Gasteiger charge is 2.35. The third-order valence-electron chi connectivity index (χ3n) is 5.42. The van der Waals surface area contributed by atoms with Crippen molar-refractivity contribution in [1.29, 1.82) is 0 Å². The van der Waals surface area contributed by atoms with Gasteiger partial charge < -0.3 is 18.8 Å². The zero-order valence-corrected chi connectivity index (χ0v) is 18.4. The normalized spacial score (nSPS) is 14.0. The summed E-state index contributed by atoms with van der Waals surface area (Å²) in [5, 5.41) is 3.32. The number of hydrogen-bond acceptors (Lipinski definition) is 5. The van der Waals surface area contributed by atoms with Gasteiger partial charge in [0.05, 0.1) is 24.8 Å². The fourth-order valence-electron chi connectivity index (χ4n) is 4.10. The van der Waals surface area contributed by atoms with Crippen molar-refractivity contribution >= 4 is 33.9 Å². The first kappa shape index (κ1) is 21.8. The van der Waals surface area contributed by atoms with Crippen LogP contribution in [0.3, 0.4) is 0 Å². The number of methoxy groups -OCH3 is 1. The largest absolute Gasteiger partial charge is 0.496 e. The number of carbonyl (C=O) groups excluding carboxylic acids is 2. The van der Waals surface area contributed by atoms with Crippen molar-refractivity contribution in [3.05, 3.63) is 65.9 Å². The third-order valence-corrected chi connectivity index (χ3v) is 5.42. The van der Waals surface area contributed by atoms with Gasteiger partial charge in [-0.25, -0.2) is 0 Å². The molecule has 1 aromatic heterocycles. The molecule has 1 N–H and O–H groups in total. The van der Waals surface area contributed by atoms with Gasteiger partial charge in [0.1, 0.15) is 5.75 Å². The summed E-state index contributed by atoms with van der Waals surface area (Å²) in [5.41, 5.74) is 2.81. The minimum atomic E-state index is -0.437. The molecule has 166 valence electrons. The predicted molar refractivity (Wildman–Crippen MR) is 122 cm³/mol. The Labute approximate surface area is 186 Å². The minimum Gasteiger partial charge on any atom is -0.496 e. The van der Waals surface area contributed by atoms with Gasteiger partial charge in [-0.1, -0.05) is 36.4 Å². The molecule has 4 rings (SSSR count). The van der Waals surface area contributed by atoms with Crippen LogP contribution in [0.2, 0.25) is 0 Å². The average Bonchev–Trinajstić information content (AvgIpc) is 3.30. The number of carbonyl (C=O) groups is 2. The number of para-hydroxylation sites is 2. The molecule has 7 heteroatoms. The van der Waals surface area contributed by atoms with Gasteiger partial charge in [-0.2, -0.15) is 0 Å². The molecule has 3 aromatic rings. The van der Waals surface area contributed by atoms with Gasteiger partial charge in [0.25, 0.3) is 11.8 Å². The maximum absolute atomic E-state index is 13.0. The van der Waals surface area contributed by atoms with E-state index in [1.165, 1.54) is 0 Å². The van der Waals surface area contributed by atoms with E-state index >= 15 is 0 Å². The summed E-state index contributed by atoms with van der Waals surface area (Å²) in [6, 6.07) is 15.0. The molecule has 2 aromatic carbocycles. The van der Waals surface area contributed by atoms with E-state index in [1.54, 1.807) is 19.2 Å². The highest BCUT2D eigenvalue weighted by molar-refractivity contribution is 6.50. The molecule has 1 aliphatic heterocycles. The van der Waals surface area contributed by atoms with Crippen LogP contribution in [0.4, 0.5) is 0 Å². The molecule has 1 aliphatic rings. The van der Waals surface area contributed by atoms with E-state index < -0.39 is 18.1 Å². The maximum atomic E-state index is 13.0. The van der Waals surface area contributed by atoms with Gasteiger partial charge in [0, 0.05) is 41.4 Å².